The molecule has 0 aromatic heterocycles. The third kappa shape index (κ3) is 6.06. The molecule has 7 heteroatoms. The Morgan fingerprint density at radius 1 is 1.11 bits per heavy atom. The topological polar surface area (TPSA) is 35.9 Å². The van der Waals surface area contributed by atoms with E-state index in [0.29, 0.717) is 16.6 Å². The van der Waals surface area contributed by atoms with Gasteiger partial charge in [0.2, 0.25) is 0 Å². The number of aliphatic hydroxyl groups is 1. The van der Waals surface area contributed by atoms with Crippen LogP contribution in [0.1, 0.15) is 5.56 Å². The zero-order valence-corrected chi connectivity index (χ0v) is 16.3. The molecular weight excluding hydrogens is 390 g/mol. The molecule has 0 saturated carbocycles. The van der Waals surface area contributed by atoms with Crippen LogP contribution < -0.4 is 4.74 Å². The van der Waals surface area contributed by atoms with E-state index >= 15 is 0 Å². The van der Waals surface area contributed by atoms with Crippen molar-refractivity contribution >= 4 is 23.2 Å². The van der Waals surface area contributed by atoms with E-state index in [0.717, 1.165) is 31.7 Å². The van der Waals surface area contributed by atoms with Crippen LogP contribution in [0.15, 0.2) is 42.5 Å². The van der Waals surface area contributed by atoms with Crippen molar-refractivity contribution in [3.63, 3.8) is 0 Å². The van der Waals surface area contributed by atoms with Gasteiger partial charge < -0.3 is 9.84 Å². The van der Waals surface area contributed by atoms with Gasteiger partial charge in [-0.15, -0.1) is 0 Å². The molecule has 2 aromatic carbocycles. The van der Waals surface area contributed by atoms with Crippen molar-refractivity contribution in [3.8, 4) is 5.75 Å². The van der Waals surface area contributed by atoms with Gasteiger partial charge in [0.05, 0.1) is 10.0 Å². The highest BCUT2D eigenvalue weighted by atomic mass is 35.5. The highest BCUT2D eigenvalue weighted by Crippen LogP contribution is 2.24. The molecule has 2 aromatic rings. The van der Waals surface area contributed by atoms with Gasteiger partial charge in [0.1, 0.15) is 12.7 Å². The van der Waals surface area contributed by atoms with Crippen LogP contribution in [0, 0.1) is 12.4 Å². The minimum Gasteiger partial charge on any atom is -0.488 e. The molecule has 1 N–H and O–H groups in total. The number of halogens is 3. The standard InChI is InChI=1S/C20H22Cl2FN2O2/c21-17-6-5-15(11-18(17)22)12-24-7-9-25(10-8-24)13-16(26)14-27-20-4-2-1-3-19(20)23/h1-7,11,16,26H,8-10,12-14H2. The van der Waals surface area contributed by atoms with Crippen LogP contribution in [0.25, 0.3) is 0 Å². The monoisotopic (exact) mass is 411 g/mol. The van der Waals surface area contributed by atoms with E-state index in [1.54, 1.807) is 24.3 Å². The van der Waals surface area contributed by atoms with E-state index < -0.39 is 11.9 Å². The van der Waals surface area contributed by atoms with Gasteiger partial charge in [-0.25, -0.2) is 4.39 Å². The Labute approximate surface area is 169 Å². The van der Waals surface area contributed by atoms with E-state index in [1.165, 1.54) is 6.07 Å². The lowest BCUT2D eigenvalue weighted by Crippen LogP contribution is -2.46. The summed E-state index contributed by atoms with van der Waals surface area (Å²) in [5, 5.41) is 11.3. The maximum Gasteiger partial charge on any atom is 0.165 e. The number of aliphatic hydroxyl groups excluding tert-OH is 1. The molecule has 0 amide bonds. The first-order valence-corrected chi connectivity index (χ1v) is 9.56. The van der Waals surface area contributed by atoms with Gasteiger partial charge in [-0.05, 0) is 29.8 Å². The van der Waals surface area contributed by atoms with Crippen molar-refractivity contribution in [2.45, 2.75) is 12.6 Å². The fourth-order valence-corrected chi connectivity index (χ4v) is 3.28. The summed E-state index contributed by atoms with van der Waals surface area (Å²) in [7, 11) is 0. The molecule has 1 unspecified atom stereocenters. The summed E-state index contributed by atoms with van der Waals surface area (Å²) >= 11 is 12.0. The average Bonchev–Trinajstić information content (AvgIpc) is 2.66. The Kier molecular flexibility index (Phi) is 7.33. The zero-order valence-electron chi connectivity index (χ0n) is 14.8. The van der Waals surface area contributed by atoms with Crippen molar-refractivity contribution in [2.24, 2.45) is 0 Å². The van der Waals surface area contributed by atoms with E-state index in [4.69, 9.17) is 27.9 Å². The van der Waals surface area contributed by atoms with E-state index in [2.05, 4.69) is 16.3 Å². The van der Waals surface area contributed by atoms with Gasteiger partial charge in [0.15, 0.2) is 11.6 Å². The van der Waals surface area contributed by atoms with Gasteiger partial charge in [-0.3, -0.25) is 9.80 Å². The second-order valence-electron chi connectivity index (χ2n) is 6.56. The Hall–Kier alpha value is -1.37. The smallest absolute Gasteiger partial charge is 0.165 e. The van der Waals surface area contributed by atoms with Gasteiger partial charge in [0.25, 0.3) is 0 Å². The quantitative estimate of drug-likeness (QED) is 0.750. The largest absolute Gasteiger partial charge is 0.488 e. The van der Waals surface area contributed by atoms with Gasteiger partial charge in [0, 0.05) is 39.3 Å². The maximum atomic E-state index is 13.5. The zero-order chi connectivity index (χ0) is 19.2. The van der Waals surface area contributed by atoms with Crippen LogP contribution in [0.5, 0.6) is 5.75 Å². The molecule has 1 saturated heterocycles. The van der Waals surface area contributed by atoms with E-state index in [9.17, 15) is 9.50 Å². The molecule has 0 aliphatic carbocycles. The average molecular weight is 412 g/mol. The van der Waals surface area contributed by atoms with Crippen LogP contribution in [0.4, 0.5) is 4.39 Å². The highest BCUT2D eigenvalue weighted by molar-refractivity contribution is 6.42. The van der Waals surface area contributed by atoms with Crippen LogP contribution in [-0.4, -0.2) is 53.8 Å². The first-order valence-electron chi connectivity index (χ1n) is 8.80. The second kappa shape index (κ2) is 9.71. The number of piperazine rings is 1. The molecule has 1 aliphatic rings. The number of hydrogen-bond donors (Lipinski definition) is 1. The third-order valence-corrected chi connectivity index (χ3v) is 5.15. The molecule has 1 fully saturated rings. The number of rotatable bonds is 7. The van der Waals surface area contributed by atoms with Crippen molar-refractivity contribution < 1.29 is 14.2 Å². The minimum absolute atomic E-state index is 0.0599. The SMILES string of the molecule is OC(COc1ccccc1F)CN1C[CH]N(Cc2ccc(Cl)c(Cl)c2)CC1. The molecule has 3 rings (SSSR count). The molecule has 145 valence electrons. The summed E-state index contributed by atoms with van der Waals surface area (Å²) in [6.07, 6.45) is -0.681. The fraction of sp³-hybridized carbons (Fsp3) is 0.350. The first kappa shape index (κ1) is 20.4. The first-order chi connectivity index (χ1) is 13.0. The summed E-state index contributed by atoms with van der Waals surface area (Å²) in [5.41, 5.74) is 1.10. The van der Waals surface area contributed by atoms with Crippen molar-refractivity contribution in [2.75, 3.05) is 32.8 Å². The van der Waals surface area contributed by atoms with Crippen LogP contribution in [0.3, 0.4) is 0 Å². The van der Waals surface area contributed by atoms with Crippen molar-refractivity contribution in [1.82, 2.24) is 9.80 Å². The molecule has 1 atom stereocenters. The highest BCUT2D eigenvalue weighted by Gasteiger charge is 2.20. The molecule has 27 heavy (non-hydrogen) atoms. The minimum atomic E-state index is -0.681. The predicted molar refractivity (Wildman–Crippen MR) is 106 cm³/mol. The Morgan fingerprint density at radius 3 is 2.63 bits per heavy atom. The summed E-state index contributed by atoms with van der Waals surface area (Å²) in [5.74, 6) is -0.261. The summed E-state index contributed by atoms with van der Waals surface area (Å²) in [6, 6.07) is 11.9. The lowest BCUT2D eigenvalue weighted by atomic mass is 10.2. The number of ether oxygens (including phenoxy) is 1. The second-order valence-corrected chi connectivity index (χ2v) is 7.37. The number of β-amino-alcohol motifs (C(OH)–C–C–N with tert-alkyl or cyclic N) is 1. The maximum absolute atomic E-state index is 13.5. The van der Waals surface area contributed by atoms with E-state index in [-0.39, 0.29) is 12.4 Å². The van der Waals surface area contributed by atoms with Crippen LogP contribution >= 0.6 is 23.2 Å². The molecule has 1 aliphatic heterocycles. The fourth-order valence-electron chi connectivity index (χ4n) is 2.96. The van der Waals surface area contributed by atoms with Gasteiger partial charge >= 0.3 is 0 Å². The Bertz CT molecular complexity index is 755. The molecule has 1 heterocycles. The molecule has 4 nitrogen and oxygen atoms in total. The number of para-hydroxylation sites is 1. The van der Waals surface area contributed by atoms with Crippen molar-refractivity contribution in [3.05, 3.63) is 70.4 Å². The predicted octanol–water partition coefficient (Wildman–Crippen LogP) is 3.85. The van der Waals surface area contributed by atoms with Gasteiger partial charge in [-0.1, -0.05) is 41.4 Å². The Balaban J connectivity index is 1.39. The normalized spacial score (nSPS) is 17.0. The van der Waals surface area contributed by atoms with Crippen LogP contribution in [-0.2, 0) is 6.54 Å². The lowest BCUT2D eigenvalue weighted by molar-refractivity contribution is 0.0538. The summed E-state index contributed by atoms with van der Waals surface area (Å²) in [6.45, 7) is 5.82. The summed E-state index contributed by atoms with van der Waals surface area (Å²) in [4.78, 5) is 4.36. The summed E-state index contributed by atoms with van der Waals surface area (Å²) < 4.78 is 18.9. The number of benzene rings is 2. The Morgan fingerprint density at radius 2 is 1.93 bits per heavy atom. The molecule has 0 spiro atoms. The number of nitrogens with zero attached hydrogens (tertiary/aromatic N) is 2. The molecule has 0 bridgehead atoms. The molecule has 1 radical (unpaired) electrons. The number of hydrogen-bond acceptors (Lipinski definition) is 4. The van der Waals surface area contributed by atoms with Gasteiger partial charge in [-0.2, -0.15) is 0 Å². The van der Waals surface area contributed by atoms with Crippen LogP contribution in [0.2, 0.25) is 10.0 Å². The molecular formula is C20H22Cl2FN2O2. The lowest BCUT2D eigenvalue weighted by Gasteiger charge is -2.35. The third-order valence-electron chi connectivity index (χ3n) is 4.41. The van der Waals surface area contributed by atoms with E-state index in [1.807, 2.05) is 12.1 Å². The van der Waals surface area contributed by atoms with Crippen molar-refractivity contribution in [1.29, 1.82) is 0 Å².